The van der Waals surface area contributed by atoms with Crippen molar-refractivity contribution in [3.63, 3.8) is 0 Å². The Bertz CT molecular complexity index is 636. The number of H-pyrrole nitrogens is 1. The molecule has 0 unspecified atom stereocenters. The van der Waals surface area contributed by atoms with Crippen molar-refractivity contribution < 1.29 is 14.7 Å². The largest absolute Gasteiger partial charge is 0.481 e. The molecule has 112 valence electrons. The van der Waals surface area contributed by atoms with Gasteiger partial charge in [-0.1, -0.05) is 6.07 Å². The topological polar surface area (TPSA) is 85.4 Å². The summed E-state index contributed by atoms with van der Waals surface area (Å²) in [6, 6.07) is 7.90. The third-order valence-corrected chi connectivity index (χ3v) is 3.32. The summed E-state index contributed by atoms with van der Waals surface area (Å²) in [5.74, 6) is -0.908. The van der Waals surface area contributed by atoms with E-state index in [2.05, 4.69) is 16.4 Å². The summed E-state index contributed by atoms with van der Waals surface area (Å²) in [4.78, 5) is 26.7. The Morgan fingerprint density at radius 2 is 2.14 bits per heavy atom. The number of nitrogens with zero attached hydrogens (tertiary/aromatic N) is 1. The summed E-state index contributed by atoms with van der Waals surface area (Å²) in [5.41, 5.74) is 2.24. The highest BCUT2D eigenvalue weighted by molar-refractivity contribution is 5.80. The Hall–Kier alpha value is -2.50. The van der Waals surface area contributed by atoms with Gasteiger partial charge in [-0.05, 0) is 35.6 Å². The molecule has 0 aliphatic heterocycles. The maximum Gasteiger partial charge on any atom is 0.317 e. The first-order chi connectivity index (χ1) is 10.1. The zero-order chi connectivity index (χ0) is 15.2. The standard InChI is InChI=1S/C15H19N3O3/c1-18(9-6-14(19)20)15(21)17-7-4-11-2-3-13-12(10-11)5-8-16-13/h2-3,5,8,10,16H,4,6-7,9H2,1H3,(H,17,21)(H,19,20). The molecular formula is C15H19N3O3. The number of benzene rings is 1. The Labute approximate surface area is 122 Å². The van der Waals surface area contributed by atoms with Crippen LogP contribution in [0.25, 0.3) is 10.9 Å². The van der Waals surface area contributed by atoms with Crippen molar-refractivity contribution in [2.75, 3.05) is 20.1 Å². The molecule has 0 atom stereocenters. The minimum absolute atomic E-state index is 0.0475. The molecule has 2 aromatic rings. The highest BCUT2D eigenvalue weighted by Gasteiger charge is 2.09. The second-order valence-corrected chi connectivity index (χ2v) is 4.95. The van der Waals surface area contributed by atoms with E-state index in [4.69, 9.17) is 5.11 Å². The van der Waals surface area contributed by atoms with Gasteiger partial charge in [-0.2, -0.15) is 0 Å². The molecule has 1 heterocycles. The fraction of sp³-hybridized carbons (Fsp3) is 0.333. The fourth-order valence-electron chi connectivity index (χ4n) is 2.07. The van der Waals surface area contributed by atoms with Gasteiger partial charge in [0.1, 0.15) is 0 Å². The third-order valence-electron chi connectivity index (χ3n) is 3.32. The van der Waals surface area contributed by atoms with Gasteiger partial charge in [0, 0.05) is 31.9 Å². The van der Waals surface area contributed by atoms with Crippen molar-refractivity contribution in [2.45, 2.75) is 12.8 Å². The molecule has 0 bridgehead atoms. The highest BCUT2D eigenvalue weighted by atomic mass is 16.4. The smallest absolute Gasteiger partial charge is 0.317 e. The van der Waals surface area contributed by atoms with Gasteiger partial charge < -0.3 is 20.3 Å². The second-order valence-electron chi connectivity index (χ2n) is 4.95. The zero-order valence-corrected chi connectivity index (χ0v) is 11.9. The van der Waals surface area contributed by atoms with Gasteiger partial charge in [0.15, 0.2) is 0 Å². The summed E-state index contributed by atoms with van der Waals surface area (Å²) in [7, 11) is 1.59. The van der Waals surface area contributed by atoms with Gasteiger partial charge in [-0.3, -0.25) is 4.79 Å². The van der Waals surface area contributed by atoms with Crippen LogP contribution in [0.15, 0.2) is 30.5 Å². The first kappa shape index (κ1) is 14.9. The van der Waals surface area contributed by atoms with Crippen LogP contribution in [0.1, 0.15) is 12.0 Å². The van der Waals surface area contributed by atoms with Crippen LogP contribution in [0.2, 0.25) is 0 Å². The zero-order valence-electron chi connectivity index (χ0n) is 11.9. The van der Waals surface area contributed by atoms with E-state index < -0.39 is 5.97 Å². The summed E-state index contributed by atoms with van der Waals surface area (Å²) in [6.07, 6.45) is 2.58. The van der Waals surface area contributed by atoms with Crippen LogP contribution in [0.5, 0.6) is 0 Å². The Morgan fingerprint density at radius 1 is 1.33 bits per heavy atom. The van der Waals surface area contributed by atoms with Crippen LogP contribution in [-0.4, -0.2) is 47.1 Å². The lowest BCUT2D eigenvalue weighted by Gasteiger charge is -2.16. The van der Waals surface area contributed by atoms with Gasteiger partial charge in [-0.25, -0.2) is 4.79 Å². The predicted molar refractivity (Wildman–Crippen MR) is 80.3 cm³/mol. The Morgan fingerprint density at radius 3 is 2.90 bits per heavy atom. The lowest BCUT2D eigenvalue weighted by Crippen LogP contribution is -2.39. The number of carbonyl (C=O) groups excluding carboxylic acids is 1. The molecule has 1 aromatic carbocycles. The SMILES string of the molecule is CN(CCC(=O)O)C(=O)NCCc1ccc2[nH]ccc2c1. The van der Waals surface area contributed by atoms with Gasteiger partial charge in [0.2, 0.25) is 0 Å². The molecule has 2 amide bonds. The molecule has 3 N–H and O–H groups in total. The number of hydrogen-bond acceptors (Lipinski definition) is 2. The molecule has 0 aliphatic carbocycles. The minimum atomic E-state index is -0.908. The molecular weight excluding hydrogens is 270 g/mol. The number of carboxylic acids is 1. The molecule has 21 heavy (non-hydrogen) atoms. The number of aromatic amines is 1. The molecule has 1 aromatic heterocycles. The molecule has 0 saturated carbocycles. The van der Waals surface area contributed by atoms with Gasteiger partial charge in [-0.15, -0.1) is 0 Å². The number of carbonyl (C=O) groups is 2. The van der Waals surface area contributed by atoms with E-state index in [1.54, 1.807) is 7.05 Å². The van der Waals surface area contributed by atoms with Gasteiger partial charge >= 0.3 is 12.0 Å². The summed E-state index contributed by atoms with van der Waals surface area (Å²) in [6.45, 7) is 0.725. The van der Waals surface area contributed by atoms with Crippen molar-refractivity contribution in [3.8, 4) is 0 Å². The number of aliphatic carboxylic acids is 1. The van der Waals surface area contributed by atoms with Crippen LogP contribution >= 0.6 is 0 Å². The Balaban J connectivity index is 1.77. The molecule has 6 nitrogen and oxygen atoms in total. The third kappa shape index (κ3) is 4.24. The van der Waals surface area contributed by atoms with E-state index in [-0.39, 0.29) is 19.0 Å². The van der Waals surface area contributed by atoms with Crippen molar-refractivity contribution in [2.24, 2.45) is 0 Å². The first-order valence-electron chi connectivity index (χ1n) is 6.83. The number of nitrogens with one attached hydrogen (secondary N) is 2. The number of rotatable bonds is 6. The summed E-state index contributed by atoms with van der Waals surface area (Å²) < 4.78 is 0. The number of carboxylic acid groups (broad SMARTS) is 1. The molecule has 0 aliphatic rings. The van der Waals surface area contributed by atoms with Crippen molar-refractivity contribution in [3.05, 3.63) is 36.0 Å². The number of fused-ring (bicyclic) bond motifs is 1. The summed E-state index contributed by atoms with van der Waals surface area (Å²) >= 11 is 0. The molecule has 0 spiro atoms. The highest BCUT2D eigenvalue weighted by Crippen LogP contribution is 2.14. The minimum Gasteiger partial charge on any atom is -0.481 e. The lowest BCUT2D eigenvalue weighted by molar-refractivity contribution is -0.137. The lowest BCUT2D eigenvalue weighted by atomic mass is 10.1. The quantitative estimate of drug-likeness (QED) is 0.758. The van der Waals surface area contributed by atoms with E-state index in [9.17, 15) is 9.59 Å². The van der Waals surface area contributed by atoms with E-state index in [0.717, 1.165) is 22.9 Å². The van der Waals surface area contributed by atoms with Crippen molar-refractivity contribution in [1.29, 1.82) is 0 Å². The van der Waals surface area contributed by atoms with E-state index in [0.29, 0.717) is 6.54 Å². The normalized spacial score (nSPS) is 10.5. The predicted octanol–water partition coefficient (Wildman–Crippen LogP) is 1.83. The average Bonchev–Trinajstić information content (AvgIpc) is 2.92. The molecule has 0 fully saturated rings. The molecule has 0 radical (unpaired) electrons. The van der Waals surface area contributed by atoms with Gasteiger partial charge in [0.05, 0.1) is 6.42 Å². The number of amides is 2. The van der Waals surface area contributed by atoms with Crippen LogP contribution in [0.3, 0.4) is 0 Å². The maximum absolute atomic E-state index is 11.7. The van der Waals surface area contributed by atoms with Crippen LogP contribution in [0, 0.1) is 0 Å². The monoisotopic (exact) mass is 289 g/mol. The molecule has 6 heteroatoms. The average molecular weight is 289 g/mol. The number of hydrogen-bond donors (Lipinski definition) is 3. The first-order valence-corrected chi connectivity index (χ1v) is 6.83. The van der Waals surface area contributed by atoms with E-state index in [1.165, 1.54) is 4.90 Å². The van der Waals surface area contributed by atoms with E-state index >= 15 is 0 Å². The van der Waals surface area contributed by atoms with Crippen LogP contribution < -0.4 is 5.32 Å². The second kappa shape index (κ2) is 6.78. The summed E-state index contributed by atoms with van der Waals surface area (Å²) in [5, 5.41) is 12.5. The number of aromatic nitrogens is 1. The molecule has 2 rings (SSSR count). The van der Waals surface area contributed by atoms with Gasteiger partial charge in [0.25, 0.3) is 0 Å². The Kier molecular flexibility index (Phi) is 4.81. The van der Waals surface area contributed by atoms with Crippen LogP contribution in [-0.2, 0) is 11.2 Å². The maximum atomic E-state index is 11.7. The van der Waals surface area contributed by atoms with E-state index in [1.807, 2.05) is 24.4 Å². The number of urea groups is 1. The fourth-order valence-corrected chi connectivity index (χ4v) is 2.07. The van der Waals surface area contributed by atoms with Crippen LogP contribution in [0.4, 0.5) is 4.79 Å². The van der Waals surface area contributed by atoms with Crippen molar-refractivity contribution in [1.82, 2.24) is 15.2 Å². The van der Waals surface area contributed by atoms with Crippen molar-refractivity contribution >= 4 is 22.9 Å². The molecule has 0 saturated heterocycles.